The molecular formula is C21H30N4O2. The van der Waals surface area contributed by atoms with Gasteiger partial charge in [-0.1, -0.05) is 26.0 Å². The zero-order valence-corrected chi connectivity index (χ0v) is 16.8. The lowest BCUT2D eigenvalue weighted by Gasteiger charge is -2.36. The Morgan fingerprint density at radius 3 is 2.52 bits per heavy atom. The number of piperazine rings is 1. The van der Waals surface area contributed by atoms with Gasteiger partial charge in [0.15, 0.2) is 0 Å². The highest BCUT2D eigenvalue weighted by Crippen LogP contribution is 2.28. The molecular weight excluding hydrogens is 340 g/mol. The number of aryl methyl sites for hydroxylation is 1. The summed E-state index contributed by atoms with van der Waals surface area (Å²) in [5.41, 5.74) is 2.80. The van der Waals surface area contributed by atoms with Gasteiger partial charge in [0, 0.05) is 32.7 Å². The lowest BCUT2D eigenvalue weighted by molar-refractivity contribution is 0.0734. The molecule has 2 aromatic rings. The molecule has 1 saturated heterocycles. The maximum Gasteiger partial charge on any atom is 0.272 e. The van der Waals surface area contributed by atoms with Crippen molar-refractivity contribution in [3.8, 4) is 5.75 Å². The normalized spacial score (nSPS) is 14.7. The van der Waals surface area contributed by atoms with Crippen LogP contribution in [-0.2, 0) is 13.0 Å². The largest absolute Gasteiger partial charge is 0.495 e. The van der Waals surface area contributed by atoms with Crippen molar-refractivity contribution in [3.05, 3.63) is 41.7 Å². The van der Waals surface area contributed by atoms with E-state index in [1.807, 2.05) is 40.8 Å². The van der Waals surface area contributed by atoms with Crippen molar-refractivity contribution in [3.63, 3.8) is 0 Å². The van der Waals surface area contributed by atoms with Crippen LogP contribution in [0.15, 0.2) is 30.3 Å². The number of amides is 1. The van der Waals surface area contributed by atoms with E-state index in [-0.39, 0.29) is 5.91 Å². The molecule has 6 heteroatoms. The Hall–Kier alpha value is -2.50. The smallest absolute Gasteiger partial charge is 0.272 e. The maximum absolute atomic E-state index is 13.1. The highest BCUT2D eigenvalue weighted by atomic mass is 16.5. The van der Waals surface area contributed by atoms with Crippen LogP contribution in [0, 0.1) is 5.92 Å². The van der Waals surface area contributed by atoms with Crippen LogP contribution in [0.4, 0.5) is 5.69 Å². The fourth-order valence-electron chi connectivity index (χ4n) is 3.60. The first-order valence-corrected chi connectivity index (χ1v) is 9.77. The van der Waals surface area contributed by atoms with Gasteiger partial charge in [0.2, 0.25) is 0 Å². The first-order valence-electron chi connectivity index (χ1n) is 9.77. The van der Waals surface area contributed by atoms with Crippen LogP contribution in [0.1, 0.15) is 37.0 Å². The Kier molecular flexibility index (Phi) is 6.04. The van der Waals surface area contributed by atoms with Gasteiger partial charge in [-0.2, -0.15) is 5.10 Å². The first kappa shape index (κ1) is 19.3. The number of ether oxygens (including phenoxy) is 1. The minimum Gasteiger partial charge on any atom is -0.495 e. The summed E-state index contributed by atoms with van der Waals surface area (Å²) in [5, 5.41) is 4.61. The quantitative estimate of drug-likeness (QED) is 0.784. The van der Waals surface area contributed by atoms with E-state index in [1.165, 1.54) is 0 Å². The Balaban J connectivity index is 1.69. The number of hydrogen-bond acceptors (Lipinski definition) is 4. The molecule has 0 spiro atoms. The summed E-state index contributed by atoms with van der Waals surface area (Å²) in [6, 6.07) is 10.0. The third-order valence-electron chi connectivity index (χ3n) is 4.96. The molecule has 3 rings (SSSR count). The summed E-state index contributed by atoms with van der Waals surface area (Å²) >= 11 is 0. The maximum atomic E-state index is 13.1. The Morgan fingerprint density at radius 2 is 1.89 bits per heavy atom. The zero-order chi connectivity index (χ0) is 19.4. The number of nitrogens with zero attached hydrogens (tertiary/aromatic N) is 4. The molecule has 6 nitrogen and oxygen atoms in total. The van der Waals surface area contributed by atoms with Gasteiger partial charge in [-0.05, 0) is 37.5 Å². The third-order valence-corrected chi connectivity index (χ3v) is 4.96. The molecule has 1 aliphatic heterocycles. The molecule has 0 radical (unpaired) electrons. The molecule has 0 N–H and O–H groups in total. The number of anilines is 1. The molecule has 2 heterocycles. The second kappa shape index (κ2) is 8.46. The number of hydrogen-bond donors (Lipinski definition) is 0. The fraction of sp³-hybridized carbons (Fsp3) is 0.524. The highest BCUT2D eigenvalue weighted by Gasteiger charge is 2.26. The van der Waals surface area contributed by atoms with E-state index in [1.54, 1.807) is 7.11 Å². The molecule has 0 saturated carbocycles. The molecule has 0 aliphatic carbocycles. The number of benzene rings is 1. The molecule has 146 valence electrons. The first-order chi connectivity index (χ1) is 13.0. The summed E-state index contributed by atoms with van der Waals surface area (Å²) < 4.78 is 7.31. The molecule has 1 aliphatic rings. The topological polar surface area (TPSA) is 50.6 Å². The van der Waals surface area contributed by atoms with Gasteiger partial charge >= 0.3 is 0 Å². The van der Waals surface area contributed by atoms with Gasteiger partial charge in [0.05, 0.1) is 18.5 Å². The van der Waals surface area contributed by atoms with Gasteiger partial charge in [-0.3, -0.25) is 9.48 Å². The Labute approximate surface area is 161 Å². The van der Waals surface area contributed by atoms with Gasteiger partial charge in [0.1, 0.15) is 11.4 Å². The number of carbonyl (C=O) groups is 1. The molecule has 1 amide bonds. The lowest BCUT2D eigenvalue weighted by atomic mass is 10.1. The van der Waals surface area contributed by atoms with E-state index in [2.05, 4.69) is 29.9 Å². The van der Waals surface area contributed by atoms with Crippen molar-refractivity contribution >= 4 is 11.6 Å². The van der Waals surface area contributed by atoms with Crippen molar-refractivity contribution < 1.29 is 9.53 Å². The van der Waals surface area contributed by atoms with Crippen LogP contribution in [-0.4, -0.2) is 53.9 Å². The van der Waals surface area contributed by atoms with E-state index < -0.39 is 0 Å². The average molecular weight is 370 g/mol. The molecule has 27 heavy (non-hydrogen) atoms. The molecule has 1 aromatic carbocycles. The summed E-state index contributed by atoms with van der Waals surface area (Å²) in [6.45, 7) is 10.1. The minimum atomic E-state index is 0.0824. The molecule has 0 atom stereocenters. The van der Waals surface area contributed by atoms with Gasteiger partial charge in [-0.15, -0.1) is 0 Å². The highest BCUT2D eigenvalue weighted by molar-refractivity contribution is 5.93. The van der Waals surface area contributed by atoms with Crippen LogP contribution < -0.4 is 9.64 Å². The fourth-order valence-corrected chi connectivity index (χ4v) is 3.60. The summed E-state index contributed by atoms with van der Waals surface area (Å²) in [6.07, 6.45) is 0.898. The van der Waals surface area contributed by atoms with Crippen molar-refractivity contribution in [1.29, 1.82) is 0 Å². The van der Waals surface area contributed by atoms with E-state index in [4.69, 9.17) is 4.74 Å². The van der Waals surface area contributed by atoms with Crippen LogP contribution >= 0.6 is 0 Å². The lowest BCUT2D eigenvalue weighted by Crippen LogP contribution is -2.49. The van der Waals surface area contributed by atoms with Crippen molar-refractivity contribution in [2.24, 2.45) is 5.92 Å². The second-order valence-electron chi connectivity index (χ2n) is 7.39. The summed E-state index contributed by atoms with van der Waals surface area (Å²) in [7, 11) is 1.69. The van der Waals surface area contributed by atoms with Crippen molar-refractivity contribution in [2.45, 2.75) is 33.7 Å². The van der Waals surface area contributed by atoms with E-state index >= 15 is 0 Å². The number of carbonyl (C=O) groups excluding carboxylic acids is 1. The van der Waals surface area contributed by atoms with Gasteiger partial charge in [-0.25, -0.2) is 0 Å². The zero-order valence-electron chi connectivity index (χ0n) is 16.8. The monoisotopic (exact) mass is 370 g/mol. The predicted molar refractivity (Wildman–Crippen MR) is 108 cm³/mol. The second-order valence-corrected chi connectivity index (χ2v) is 7.39. The average Bonchev–Trinajstić information content (AvgIpc) is 3.09. The van der Waals surface area contributed by atoms with Gasteiger partial charge in [0.25, 0.3) is 5.91 Å². The van der Waals surface area contributed by atoms with Crippen LogP contribution in [0.5, 0.6) is 5.75 Å². The Morgan fingerprint density at radius 1 is 1.19 bits per heavy atom. The molecule has 0 bridgehead atoms. The third kappa shape index (κ3) is 4.26. The van der Waals surface area contributed by atoms with Crippen molar-refractivity contribution in [2.75, 3.05) is 38.2 Å². The summed E-state index contributed by atoms with van der Waals surface area (Å²) in [5.74, 6) is 1.48. The molecule has 1 fully saturated rings. The number of aromatic nitrogens is 2. The van der Waals surface area contributed by atoms with E-state index in [0.717, 1.165) is 36.6 Å². The van der Waals surface area contributed by atoms with Gasteiger partial charge < -0.3 is 14.5 Å². The predicted octanol–water partition coefficient (Wildman–Crippen LogP) is 3.07. The molecule has 1 aromatic heterocycles. The summed E-state index contributed by atoms with van der Waals surface area (Å²) in [4.78, 5) is 17.3. The minimum absolute atomic E-state index is 0.0824. The number of rotatable bonds is 6. The van der Waals surface area contributed by atoms with Crippen LogP contribution in [0.3, 0.4) is 0 Å². The van der Waals surface area contributed by atoms with E-state index in [0.29, 0.717) is 31.2 Å². The molecule has 0 unspecified atom stereocenters. The van der Waals surface area contributed by atoms with Crippen molar-refractivity contribution in [1.82, 2.24) is 14.7 Å². The standard InChI is InChI=1S/C21H30N4O2/c1-5-25-19(15-17(22-25)14-16(2)3)21(26)24-12-10-23(11-13-24)18-8-6-7-9-20(18)27-4/h6-9,15-16H,5,10-14H2,1-4H3. The van der Waals surface area contributed by atoms with Crippen LogP contribution in [0.25, 0.3) is 0 Å². The SMILES string of the molecule is CCn1nc(CC(C)C)cc1C(=O)N1CCN(c2ccccc2OC)CC1. The number of para-hydroxylation sites is 2. The van der Waals surface area contributed by atoms with Crippen LogP contribution in [0.2, 0.25) is 0 Å². The number of methoxy groups -OCH3 is 1. The van der Waals surface area contributed by atoms with E-state index in [9.17, 15) is 4.79 Å². The Bertz CT molecular complexity index is 776.